The predicted octanol–water partition coefficient (Wildman–Crippen LogP) is -1.41. The Morgan fingerprint density at radius 2 is 1.93 bits per heavy atom. The Bertz CT molecular complexity index is 782. The van der Waals surface area contributed by atoms with Gasteiger partial charge in [-0.3, -0.25) is 0 Å². The van der Waals surface area contributed by atoms with Crippen molar-refractivity contribution < 1.29 is 34.7 Å². The molecule has 5 atom stereocenters. The van der Waals surface area contributed by atoms with Gasteiger partial charge in [0.25, 0.3) is 0 Å². The summed E-state index contributed by atoms with van der Waals surface area (Å²) in [6.45, 7) is 1.42. The first-order valence-corrected chi connectivity index (χ1v) is 8.38. The highest BCUT2D eigenvalue weighted by atomic mass is 16.7. The lowest BCUT2D eigenvalue weighted by atomic mass is 9.99. The van der Waals surface area contributed by atoms with Gasteiger partial charge in [-0.05, 0) is 12.5 Å². The molecule has 1 aliphatic heterocycles. The monoisotopic (exact) mass is 379 g/mol. The average Bonchev–Trinajstić information content (AvgIpc) is 3.03. The molecule has 2 aromatic rings. The Morgan fingerprint density at radius 1 is 1.22 bits per heavy atom. The van der Waals surface area contributed by atoms with Crippen molar-refractivity contribution in [3.63, 3.8) is 0 Å². The minimum atomic E-state index is -1.71. The highest BCUT2D eigenvalue weighted by Crippen LogP contribution is 2.23. The van der Waals surface area contributed by atoms with Crippen LogP contribution in [0.15, 0.2) is 30.3 Å². The van der Waals surface area contributed by atoms with Crippen molar-refractivity contribution in [3.05, 3.63) is 47.3 Å². The van der Waals surface area contributed by atoms with E-state index in [4.69, 9.17) is 9.47 Å². The van der Waals surface area contributed by atoms with E-state index in [1.54, 1.807) is 6.92 Å². The number of esters is 1. The van der Waals surface area contributed by atoms with E-state index in [-0.39, 0.29) is 5.69 Å². The predicted molar refractivity (Wildman–Crippen MR) is 89.5 cm³/mol. The molecule has 1 aromatic heterocycles. The van der Waals surface area contributed by atoms with Crippen LogP contribution in [0.3, 0.4) is 0 Å². The molecule has 0 radical (unpaired) electrons. The number of carbonyl (C=O) groups is 1. The lowest BCUT2D eigenvalue weighted by Crippen LogP contribution is -2.59. The van der Waals surface area contributed by atoms with Gasteiger partial charge in [-0.15, -0.1) is 5.10 Å². The van der Waals surface area contributed by atoms with Crippen LogP contribution in [0.2, 0.25) is 0 Å². The lowest BCUT2D eigenvalue weighted by molar-refractivity contribution is -0.285. The molecule has 0 aliphatic carbocycles. The van der Waals surface area contributed by atoms with Gasteiger partial charge < -0.3 is 29.9 Å². The van der Waals surface area contributed by atoms with E-state index in [1.807, 2.05) is 30.3 Å². The van der Waals surface area contributed by atoms with Gasteiger partial charge in [-0.2, -0.15) is 0 Å². The Kier molecular flexibility index (Phi) is 5.82. The van der Waals surface area contributed by atoms with Crippen LogP contribution in [0.4, 0.5) is 0 Å². The molecule has 1 unspecified atom stereocenters. The minimum absolute atomic E-state index is 0.0770. The summed E-state index contributed by atoms with van der Waals surface area (Å²) in [5, 5.41) is 46.6. The lowest BCUT2D eigenvalue weighted by Gasteiger charge is -2.39. The number of rotatable bonds is 5. The molecule has 0 saturated carbocycles. The van der Waals surface area contributed by atoms with E-state index in [0.717, 1.165) is 5.56 Å². The SMILES string of the molecule is Cc1c(C(=O)O[C@@H]2[C@H](O)[C@@H](CO)OC(O)[C@@H]2O)nnn1Cc1ccccc1. The first-order chi connectivity index (χ1) is 12.9. The smallest absolute Gasteiger partial charge is 0.361 e. The summed E-state index contributed by atoms with van der Waals surface area (Å²) in [6.07, 6.45) is -7.59. The Morgan fingerprint density at radius 3 is 2.59 bits per heavy atom. The van der Waals surface area contributed by atoms with E-state index in [9.17, 15) is 25.2 Å². The van der Waals surface area contributed by atoms with Gasteiger partial charge in [0.2, 0.25) is 0 Å². The number of aliphatic hydroxyl groups excluding tert-OH is 4. The molecular weight excluding hydrogens is 358 g/mol. The van der Waals surface area contributed by atoms with Gasteiger partial charge >= 0.3 is 5.97 Å². The van der Waals surface area contributed by atoms with E-state index < -0.39 is 43.3 Å². The van der Waals surface area contributed by atoms with Crippen molar-refractivity contribution in [3.8, 4) is 0 Å². The number of aromatic nitrogens is 3. The van der Waals surface area contributed by atoms with Crippen LogP contribution >= 0.6 is 0 Å². The van der Waals surface area contributed by atoms with Crippen LogP contribution in [0.25, 0.3) is 0 Å². The van der Waals surface area contributed by atoms with Gasteiger partial charge in [0, 0.05) is 0 Å². The molecule has 1 fully saturated rings. The largest absolute Gasteiger partial charge is 0.452 e. The van der Waals surface area contributed by atoms with Gasteiger partial charge in [0.15, 0.2) is 18.1 Å². The first-order valence-electron chi connectivity index (χ1n) is 8.38. The zero-order valence-corrected chi connectivity index (χ0v) is 14.5. The number of carbonyl (C=O) groups excluding carboxylic acids is 1. The molecule has 0 amide bonds. The molecule has 1 saturated heterocycles. The van der Waals surface area contributed by atoms with E-state index in [1.165, 1.54) is 4.68 Å². The highest BCUT2D eigenvalue weighted by molar-refractivity contribution is 5.88. The van der Waals surface area contributed by atoms with Crippen LogP contribution < -0.4 is 0 Å². The van der Waals surface area contributed by atoms with Crippen molar-refractivity contribution >= 4 is 5.97 Å². The maximum Gasteiger partial charge on any atom is 0.361 e. The topological polar surface area (TPSA) is 147 Å². The summed E-state index contributed by atoms with van der Waals surface area (Å²) in [7, 11) is 0. The van der Waals surface area contributed by atoms with Crippen molar-refractivity contribution in [2.24, 2.45) is 0 Å². The van der Waals surface area contributed by atoms with Gasteiger partial charge in [0.1, 0.15) is 18.3 Å². The van der Waals surface area contributed by atoms with Gasteiger partial charge in [0.05, 0.1) is 18.8 Å². The molecular formula is C17H21N3O7. The first kappa shape index (κ1) is 19.4. The van der Waals surface area contributed by atoms with Crippen molar-refractivity contribution in [2.75, 3.05) is 6.61 Å². The second kappa shape index (κ2) is 8.11. The van der Waals surface area contributed by atoms with E-state index in [2.05, 4.69) is 10.3 Å². The molecule has 10 heteroatoms. The third kappa shape index (κ3) is 3.99. The molecule has 3 rings (SSSR count). The van der Waals surface area contributed by atoms with Crippen LogP contribution in [0.1, 0.15) is 21.7 Å². The Labute approximate surface area is 154 Å². The van der Waals surface area contributed by atoms with Gasteiger partial charge in [-0.25, -0.2) is 9.48 Å². The molecule has 4 N–H and O–H groups in total. The zero-order chi connectivity index (χ0) is 19.6. The van der Waals surface area contributed by atoms with Crippen LogP contribution in [0, 0.1) is 6.92 Å². The number of hydrogen-bond donors (Lipinski definition) is 4. The second-order valence-electron chi connectivity index (χ2n) is 6.27. The Hall–Kier alpha value is -2.37. The summed E-state index contributed by atoms with van der Waals surface area (Å²) in [5.41, 5.74) is 1.33. The van der Waals surface area contributed by atoms with Crippen molar-refractivity contribution in [1.82, 2.24) is 15.0 Å². The van der Waals surface area contributed by atoms with Crippen LogP contribution in [-0.4, -0.2) is 78.7 Å². The molecule has 0 bridgehead atoms. The molecule has 2 heterocycles. The third-order valence-corrected chi connectivity index (χ3v) is 4.43. The maximum absolute atomic E-state index is 12.4. The fourth-order valence-electron chi connectivity index (χ4n) is 2.84. The zero-order valence-electron chi connectivity index (χ0n) is 14.5. The normalized spacial score (nSPS) is 28.1. The average molecular weight is 379 g/mol. The summed E-state index contributed by atoms with van der Waals surface area (Å²) in [6, 6.07) is 9.47. The van der Waals surface area contributed by atoms with E-state index in [0.29, 0.717) is 12.2 Å². The minimum Gasteiger partial charge on any atom is -0.452 e. The molecule has 1 aliphatic rings. The van der Waals surface area contributed by atoms with E-state index >= 15 is 0 Å². The summed E-state index contributed by atoms with van der Waals surface area (Å²) >= 11 is 0. The Balaban J connectivity index is 1.74. The third-order valence-electron chi connectivity index (χ3n) is 4.43. The number of aliphatic hydroxyl groups is 4. The molecule has 27 heavy (non-hydrogen) atoms. The van der Waals surface area contributed by atoms with Crippen molar-refractivity contribution in [1.29, 1.82) is 0 Å². The number of benzene rings is 1. The fourth-order valence-corrected chi connectivity index (χ4v) is 2.84. The fraction of sp³-hybridized carbons (Fsp3) is 0.471. The quantitative estimate of drug-likeness (QED) is 0.460. The molecule has 146 valence electrons. The summed E-state index contributed by atoms with van der Waals surface area (Å²) in [4.78, 5) is 12.4. The maximum atomic E-state index is 12.4. The van der Waals surface area contributed by atoms with Gasteiger partial charge in [-0.1, -0.05) is 35.5 Å². The number of nitrogens with zero attached hydrogens (tertiary/aromatic N) is 3. The molecule has 1 aromatic carbocycles. The van der Waals surface area contributed by atoms with Crippen LogP contribution in [-0.2, 0) is 16.0 Å². The highest BCUT2D eigenvalue weighted by Gasteiger charge is 2.46. The van der Waals surface area contributed by atoms with Crippen molar-refractivity contribution in [2.45, 2.75) is 44.2 Å². The number of hydrogen-bond acceptors (Lipinski definition) is 9. The number of ether oxygens (including phenoxy) is 2. The standard InChI is InChI=1S/C17H21N3O7/c1-9-12(18-19-20(9)7-10-5-3-2-4-6-10)16(24)27-15-13(22)11(8-21)26-17(25)14(15)23/h2-6,11,13-15,17,21-23,25H,7-8H2,1H3/t11-,13-,14-,15-,17?/m1/s1. The summed E-state index contributed by atoms with van der Waals surface area (Å²) in [5.74, 6) is -0.916. The molecule has 10 nitrogen and oxygen atoms in total. The second-order valence-corrected chi connectivity index (χ2v) is 6.27. The summed E-state index contributed by atoms with van der Waals surface area (Å²) < 4.78 is 11.5. The molecule has 0 spiro atoms. The van der Waals surface area contributed by atoms with Crippen LogP contribution in [0.5, 0.6) is 0 Å².